The maximum absolute atomic E-state index is 10.9. The number of carboxylic acids is 1. The summed E-state index contributed by atoms with van der Waals surface area (Å²) in [6.45, 7) is 1.91. The molecule has 0 aliphatic carbocycles. The van der Waals surface area contributed by atoms with Crippen LogP contribution in [0, 0.1) is 6.92 Å². The lowest BCUT2D eigenvalue weighted by Gasteiger charge is -2.07. The van der Waals surface area contributed by atoms with E-state index in [1.165, 1.54) is 16.3 Å². The average molecular weight is 294 g/mol. The van der Waals surface area contributed by atoms with Crippen molar-refractivity contribution in [3.05, 3.63) is 65.2 Å². The van der Waals surface area contributed by atoms with Crippen molar-refractivity contribution in [2.75, 3.05) is 0 Å². The van der Waals surface area contributed by atoms with Crippen LogP contribution in [0.5, 0.6) is 0 Å². The third-order valence-electron chi connectivity index (χ3n) is 4.12. The number of rotatable bonds is 4. The second-order valence-electron chi connectivity index (χ2n) is 5.50. The number of carboxylic acid groups (broad SMARTS) is 1. The SMILES string of the molecule is Cc1c(CC(=O)O)nc(Cc2cccc3ccccc23)n1C. The minimum atomic E-state index is -0.849. The molecule has 3 aromatic rings. The number of benzene rings is 2. The molecule has 4 heteroatoms. The summed E-state index contributed by atoms with van der Waals surface area (Å²) >= 11 is 0. The Balaban J connectivity index is 2.00. The molecule has 0 fully saturated rings. The van der Waals surface area contributed by atoms with E-state index in [9.17, 15) is 4.79 Å². The predicted octanol–water partition coefficient (Wildman–Crippen LogP) is 3.10. The van der Waals surface area contributed by atoms with E-state index in [4.69, 9.17) is 5.11 Å². The molecule has 0 unspecified atom stereocenters. The molecule has 1 aromatic heterocycles. The lowest BCUT2D eigenvalue weighted by atomic mass is 10.0. The number of hydrogen-bond acceptors (Lipinski definition) is 2. The first kappa shape index (κ1) is 14.3. The summed E-state index contributed by atoms with van der Waals surface area (Å²) in [5.41, 5.74) is 2.76. The summed E-state index contributed by atoms with van der Waals surface area (Å²) in [5.74, 6) is 0.0445. The molecule has 0 amide bonds. The number of imidazole rings is 1. The maximum Gasteiger partial charge on any atom is 0.309 e. The van der Waals surface area contributed by atoms with E-state index in [2.05, 4.69) is 29.2 Å². The van der Waals surface area contributed by atoms with Crippen molar-refractivity contribution >= 4 is 16.7 Å². The zero-order valence-corrected chi connectivity index (χ0v) is 12.7. The van der Waals surface area contributed by atoms with Gasteiger partial charge in [0, 0.05) is 19.2 Å². The molecule has 1 heterocycles. The van der Waals surface area contributed by atoms with Crippen LogP contribution in [-0.4, -0.2) is 20.6 Å². The molecule has 0 spiro atoms. The number of aromatic nitrogens is 2. The van der Waals surface area contributed by atoms with Gasteiger partial charge >= 0.3 is 5.97 Å². The minimum Gasteiger partial charge on any atom is -0.481 e. The van der Waals surface area contributed by atoms with Gasteiger partial charge in [0.05, 0.1) is 12.1 Å². The van der Waals surface area contributed by atoms with Crippen LogP contribution in [0.2, 0.25) is 0 Å². The molecule has 0 atom stereocenters. The molecule has 0 saturated carbocycles. The Labute approximate surface area is 129 Å². The zero-order chi connectivity index (χ0) is 15.7. The summed E-state index contributed by atoms with van der Waals surface area (Å²) < 4.78 is 1.99. The van der Waals surface area contributed by atoms with Crippen LogP contribution >= 0.6 is 0 Å². The molecule has 112 valence electrons. The van der Waals surface area contributed by atoms with Crippen LogP contribution < -0.4 is 0 Å². The molecule has 0 radical (unpaired) electrons. The van der Waals surface area contributed by atoms with Crippen LogP contribution in [0.4, 0.5) is 0 Å². The number of hydrogen-bond donors (Lipinski definition) is 1. The van der Waals surface area contributed by atoms with Crippen molar-refractivity contribution in [3.63, 3.8) is 0 Å². The molecule has 0 aliphatic heterocycles. The van der Waals surface area contributed by atoms with E-state index >= 15 is 0 Å². The van der Waals surface area contributed by atoms with Crippen molar-refractivity contribution in [2.24, 2.45) is 7.05 Å². The quantitative estimate of drug-likeness (QED) is 0.804. The summed E-state index contributed by atoms with van der Waals surface area (Å²) in [4.78, 5) is 15.5. The number of carbonyl (C=O) groups is 1. The van der Waals surface area contributed by atoms with Gasteiger partial charge in [-0.3, -0.25) is 4.79 Å². The summed E-state index contributed by atoms with van der Waals surface area (Å²) in [6.07, 6.45) is 0.660. The van der Waals surface area contributed by atoms with E-state index in [0.717, 1.165) is 11.5 Å². The van der Waals surface area contributed by atoms with Crippen LogP contribution in [0.3, 0.4) is 0 Å². The summed E-state index contributed by atoms with van der Waals surface area (Å²) in [7, 11) is 1.94. The highest BCUT2D eigenvalue weighted by Crippen LogP contribution is 2.22. The van der Waals surface area contributed by atoms with Gasteiger partial charge in [0.2, 0.25) is 0 Å². The third-order valence-corrected chi connectivity index (χ3v) is 4.12. The standard InChI is InChI=1S/C18H18N2O2/c1-12-16(11-18(21)22)19-17(20(12)2)10-14-8-5-7-13-6-3-4-9-15(13)14/h3-9H,10-11H2,1-2H3,(H,21,22). The number of aliphatic carboxylic acids is 1. The van der Waals surface area contributed by atoms with Gasteiger partial charge in [-0.1, -0.05) is 42.5 Å². The Kier molecular flexibility index (Phi) is 3.67. The fourth-order valence-corrected chi connectivity index (χ4v) is 2.78. The van der Waals surface area contributed by atoms with Gasteiger partial charge in [0.15, 0.2) is 0 Å². The van der Waals surface area contributed by atoms with Gasteiger partial charge in [-0.25, -0.2) is 4.98 Å². The molecule has 0 aliphatic rings. The topological polar surface area (TPSA) is 55.1 Å². The second kappa shape index (κ2) is 5.64. The third kappa shape index (κ3) is 2.60. The molecule has 2 aromatic carbocycles. The molecule has 0 bridgehead atoms. The van der Waals surface area contributed by atoms with Crippen LogP contribution in [0.15, 0.2) is 42.5 Å². The lowest BCUT2D eigenvalue weighted by Crippen LogP contribution is -2.02. The second-order valence-corrected chi connectivity index (χ2v) is 5.50. The minimum absolute atomic E-state index is 0.0325. The van der Waals surface area contributed by atoms with Gasteiger partial charge in [-0.2, -0.15) is 0 Å². The maximum atomic E-state index is 10.9. The molecule has 4 nitrogen and oxygen atoms in total. The van der Waals surface area contributed by atoms with Crippen molar-refractivity contribution in [1.82, 2.24) is 9.55 Å². The van der Waals surface area contributed by atoms with Gasteiger partial charge < -0.3 is 9.67 Å². The Morgan fingerprint density at radius 2 is 1.91 bits per heavy atom. The first-order valence-corrected chi connectivity index (χ1v) is 7.25. The van der Waals surface area contributed by atoms with Crippen LogP contribution in [0.1, 0.15) is 22.8 Å². The first-order valence-electron chi connectivity index (χ1n) is 7.25. The van der Waals surface area contributed by atoms with Crippen LogP contribution in [0.25, 0.3) is 10.8 Å². The predicted molar refractivity (Wildman–Crippen MR) is 86.0 cm³/mol. The molecule has 0 saturated heterocycles. The number of fused-ring (bicyclic) bond motifs is 1. The smallest absolute Gasteiger partial charge is 0.309 e. The van der Waals surface area contributed by atoms with E-state index in [1.54, 1.807) is 0 Å². The first-order chi connectivity index (χ1) is 10.6. The highest BCUT2D eigenvalue weighted by molar-refractivity contribution is 5.85. The largest absolute Gasteiger partial charge is 0.481 e. The molecular formula is C18H18N2O2. The Hall–Kier alpha value is -2.62. The van der Waals surface area contributed by atoms with E-state index < -0.39 is 5.97 Å². The fraction of sp³-hybridized carbons (Fsp3) is 0.222. The van der Waals surface area contributed by atoms with Crippen molar-refractivity contribution in [3.8, 4) is 0 Å². The van der Waals surface area contributed by atoms with Crippen molar-refractivity contribution in [1.29, 1.82) is 0 Å². The van der Waals surface area contributed by atoms with E-state index in [0.29, 0.717) is 12.1 Å². The average Bonchev–Trinajstić information content (AvgIpc) is 2.75. The van der Waals surface area contributed by atoms with Gasteiger partial charge in [0.25, 0.3) is 0 Å². The van der Waals surface area contributed by atoms with E-state index in [1.807, 2.05) is 36.7 Å². The molecule has 3 rings (SSSR count). The number of nitrogens with zero attached hydrogens (tertiary/aromatic N) is 2. The monoisotopic (exact) mass is 294 g/mol. The van der Waals surface area contributed by atoms with Crippen molar-refractivity contribution < 1.29 is 9.90 Å². The van der Waals surface area contributed by atoms with Gasteiger partial charge in [0.1, 0.15) is 5.82 Å². The zero-order valence-electron chi connectivity index (χ0n) is 12.7. The highest BCUT2D eigenvalue weighted by atomic mass is 16.4. The van der Waals surface area contributed by atoms with Crippen molar-refractivity contribution in [2.45, 2.75) is 19.8 Å². The molecule has 1 N–H and O–H groups in total. The van der Waals surface area contributed by atoms with E-state index in [-0.39, 0.29) is 6.42 Å². The Morgan fingerprint density at radius 3 is 2.68 bits per heavy atom. The molecule has 22 heavy (non-hydrogen) atoms. The Morgan fingerprint density at radius 1 is 1.18 bits per heavy atom. The normalized spacial score (nSPS) is 11.0. The van der Waals surface area contributed by atoms with Crippen LogP contribution in [-0.2, 0) is 24.7 Å². The Bertz CT molecular complexity index is 844. The molecular weight excluding hydrogens is 276 g/mol. The van der Waals surface area contributed by atoms with Gasteiger partial charge in [-0.05, 0) is 23.3 Å². The highest BCUT2D eigenvalue weighted by Gasteiger charge is 2.14. The van der Waals surface area contributed by atoms with Gasteiger partial charge in [-0.15, -0.1) is 0 Å². The summed E-state index contributed by atoms with van der Waals surface area (Å²) in [6, 6.07) is 14.5. The lowest BCUT2D eigenvalue weighted by molar-refractivity contribution is -0.136. The summed E-state index contributed by atoms with van der Waals surface area (Å²) in [5, 5.41) is 11.4. The fourth-order valence-electron chi connectivity index (χ4n) is 2.78.